The maximum absolute atomic E-state index is 11.7. The van der Waals surface area contributed by atoms with Gasteiger partial charge in [-0.05, 0) is 25.1 Å². The van der Waals surface area contributed by atoms with Crippen LogP contribution >= 0.6 is 0 Å². The molecule has 0 aliphatic heterocycles. The van der Waals surface area contributed by atoms with Gasteiger partial charge in [-0.2, -0.15) is 0 Å². The van der Waals surface area contributed by atoms with Gasteiger partial charge in [-0.3, -0.25) is 0 Å². The summed E-state index contributed by atoms with van der Waals surface area (Å²) in [7, 11) is -3.29. The number of aromatic nitrogens is 1. The van der Waals surface area contributed by atoms with Crippen LogP contribution in [0.25, 0.3) is 10.9 Å². The third-order valence-corrected chi connectivity index (χ3v) is 3.95. The van der Waals surface area contributed by atoms with E-state index in [1.165, 1.54) is 22.3 Å². The summed E-state index contributed by atoms with van der Waals surface area (Å²) in [6, 6.07) is 6.38. The smallest absolute Gasteiger partial charge is 0.238 e. The van der Waals surface area contributed by atoms with Crippen LogP contribution in [0.5, 0.6) is 5.75 Å². The zero-order chi connectivity index (χ0) is 11.1. The van der Waals surface area contributed by atoms with Crippen molar-refractivity contribution in [1.29, 1.82) is 0 Å². The Morgan fingerprint density at radius 3 is 2.73 bits per heavy atom. The van der Waals surface area contributed by atoms with E-state index in [-0.39, 0.29) is 11.5 Å². The Hall–Kier alpha value is -1.49. The van der Waals surface area contributed by atoms with Gasteiger partial charge in [0.1, 0.15) is 5.75 Å². The Kier molecular flexibility index (Phi) is 2.19. The largest absolute Gasteiger partial charge is 0.508 e. The maximum Gasteiger partial charge on any atom is 0.238 e. The molecule has 2 aromatic rings. The molecular formula is C10H11NO3S. The Morgan fingerprint density at radius 1 is 1.33 bits per heavy atom. The number of hydrogen-bond acceptors (Lipinski definition) is 3. The van der Waals surface area contributed by atoms with Crippen molar-refractivity contribution in [2.24, 2.45) is 0 Å². The van der Waals surface area contributed by atoms with Crippen molar-refractivity contribution in [2.75, 3.05) is 5.75 Å². The molecule has 0 unspecified atom stereocenters. The first-order valence-corrected chi connectivity index (χ1v) is 6.19. The van der Waals surface area contributed by atoms with Gasteiger partial charge in [0.15, 0.2) is 0 Å². The summed E-state index contributed by atoms with van der Waals surface area (Å²) >= 11 is 0. The van der Waals surface area contributed by atoms with Crippen LogP contribution in [0.4, 0.5) is 0 Å². The monoisotopic (exact) mass is 225 g/mol. The van der Waals surface area contributed by atoms with Crippen LogP contribution in [0.3, 0.4) is 0 Å². The van der Waals surface area contributed by atoms with E-state index in [4.69, 9.17) is 0 Å². The van der Waals surface area contributed by atoms with Crippen LogP contribution in [-0.4, -0.2) is 23.2 Å². The van der Waals surface area contributed by atoms with Crippen LogP contribution in [0.2, 0.25) is 0 Å². The first kappa shape index (κ1) is 10.0. The number of fused-ring (bicyclic) bond motifs is 1. The lowest BCUT2D eigenvalue weighted by Gasteiger charge is -2.04. The van der Waals surface area contributed by atoms with E-state index in [2.05, 4.69) is 0 Å². The van der Waals surface area contributed by atoms with Gasteiger partial charge in [-0.25, -0.2) is 12.4 Å². The number of rotatable bonds is 2. The average Bonchev–Trinajstić information content (AvgIpc) is 2.61. The van der Waals surface area contributed by atoms with Crippen molar-refractivity contribution in [3.05, 3.63) is 30.5 Å². The molecule has 1 aromatic heterocycles. The predicted molar refractivity (Wildman–Crippen MR) is 58.5 cm³/mol. The fourth-order valence-corrected chi connectivity index (χ4v) is 2.46. The Balaban J connectivity index is 2.78. The van der Waals surface area contributed by atoms with Gasteiger partial charge in [-0.1, -0.05) is 0 Å². The number of phenols is 1. The van der Waals surface area contributed by atoms with Crippen molar-refractivity contribution in [2.45, 2.75) is 6.92 Å². The lowest BCUT2D eigenvalue weighted by molar-refractivity contribution is 0.476. The first-order chi connectivity index (χ1) is 7.04. The zero-order valence-electron chi connectivity index (χ0n) is 8.21. The van der Waals surface area contributed by atoms with E-state index >= 15 is 0 Å². The topological polar surface area (TPSA) is 59.3 Å². The number of aromatic hydroxyl groups is 1. The van der Waals surface area contributed by atoms with Crippen LogP contribution in [0.15, 0.2) is 30.5 Å². The highest BCUT2D eigenvalue weighted by atomic mass is 32.2. The SMILES string of the molecule is CCS(=O)(=O)n1ccc2ccc(O)cc21. The molecule has 1 aromatic carbocycles. The molecule has 0 atom stereocenters. The molecule has 0 amide bonds. The number of phenolic OH excluding ortho intramolecular Hbond substituents is 1. The lowest BCUT2D eigenvalue weighted by atomic mass is 10.2. The van der Waals surface area contributed by atoms with Gasteiger partial charge in [0.25, 0.3) is 0 Å². The molecule has 0 radical (unpaired) electrons. The molecule has 0 saturated carbocycles. The molecule has 0 spiro atoms. The van der Waals surface area contributed by atoms with Gasteiger partial charge in [0, 0.05) is 17.6 Å². The summed E-state index contributed by atoms with van der Waals surface area (Å²) in [5, 5.41) is 10.1. The molecule has 0 fully saturated rings. The molecule has 1 N–H and O–H groups in total. The quantitative estimate of drug-likeness (QED) is 0.843. The average molecular weight is 225 g/mol. The van der Waals surface area contributed by atoms with Gasteiger partial charge < -0.3 is 5.11 Å². The highest BCUT2D eigenvalue weighted by Gasteiger charge is 2.13. The fourth-order valence-electron chi connectivity index (χ4n) is 1.47. The minimum Gasteiger partial charge on any atom is -0.508 e. The number of hydrogen-bond donors (Lipinski definition) is 1. The maximum atomic E-state index is 11.7. The predicted octanol–water partition coefficient (Wildman–Crippen LogP) is 1.54. The van der Waals surface area contributed by atoms with Gasteiger partial charge in [0.2, 0.25) is 10.0 Å². The molecule has 0 saturated heterocycles. The van der Waals surface area contributed by atoms with Crippen LogP contribution in [0, 0.1) is 0 Å². The van der Waals surface area contributed by atoms with E-state index in [1.807, 2.05) is 0 Å². The third-order valence-electron chi connectivity index (χ3n) is 2.31. The summed E-state index contributed by atoms with van der Waals surface area (Å²) in [6.45, 7) is 1.59. The minimum atomic E-state index is -3.29. The summed E-state index contributed by atoms with van der Waals surface area (Å²) in [6.07, 6.45) is 1.50. The van der Waals surface area contributed by atoms with Gasteiger partial charge in [-0.15, -0.1) is 0 Å². The second kappa shape index (κ2) is 3.27. The van der Waals surface area contributed by atoms with Crippen LogP contribution in [0.1, 0.15) is 6.92 Å². The molecular weight excluding hydrogens is 214 g/mol. The van der Waals surface area contributed by atoms with Crippen molar-refractivity contribution in [1.82, 2.24) is 3.97 Å². The van der Waals surface area contributed by atoms with E-state index in [0.29, 0.717) is 5.52 Å². The molecule has 0 bridgehead atoms. The van der Waals surface area contributed by atoms with Crippen molar-refractivity contribution >= 4 is 20.9 Å². The highest BCUT2D eigenvalue weighted by molar-refractivity contribution is 7.90. The molecule has 1 heterocycles. The Labute approximate surface area is 87.8 Å². The van der Waals surface area contributed by atoms with E-state index < -0.39 is 10.0 Å². The fraction of sp³-hybridized carbons (Fsp3) is 0.200. The zero-order valence-corrected chi connectivity index (χ0v) is 9.03. The van der Waals surface area contributed by atoms with Crippen LogP contribution in [-0.2, 0) is 10.0 Å². The molecule has 4 nitrogen and oxygen atoms in total. The van der Waals surface area contributed by atoms with Crippen molar-refractivity contribution in [3.63, 3.8) is 0 Å². The molecule has 2 rings (SSSR count). The van der Waals surface area contributed by atoms with E-state index in [9.17, 15) is 13.5 Å². The summed E-state index contributed by atoms with van der Waals surface area (Å²) < 4.78 is 24.5. The molecule has 0 aliphatic rings. The van der Waals surface area contributed by atoms with Crippen LogP contribution < -0.4 is 0 Å². The standard InChI is InChI=1S/C10H11NO3S/c1-2-15(13,14)11-6-5-8-3-4-9(12)7-10(8)11/h3-7,12H,2H2,1H3. The first-order valence-electron chi connectivity index (χ1n) is 4.58. The third kappa shape index (κ3) is 1.59. The summed E-state index contributed by atoms with van der Waals surface area (Å²) in [4.78, 5) is 0. The summed E-state index contributed by atoms with van der Waals surface area (Å²) in [5.41, 5.74) is 0.511. The highest BCUT2D eigenvalue weighted by Crippen LogP contribution is 2.22. The number of benzene rings is 1. The van der Waals surface area contributed by atoms with E-state index in [1.54, 1.807) is 19.1 Å². The summed E-state index contributed by atoms with van der Waals surface area (Å²) in [5.74, 6) is 0.0978. The molecule has 0 aliphatic carbocycles. The van der Waals surface area contributed by atoms with E-state index in [0.717, 1.165) is 5.39 Å². The molecule has 80 valence electrons. The van der Waals surface area contributed by atoms with Gasteiger partial charge >= 0.3 is 0 Å². The van der Waals surface area contributed by atoms with Crippen molar-refractivity contribution < 1.29 is 13.5 Å². The second-order valence-corrected chi connectivity index (χ2v) is 5.39. The minimum absolute atomic E-state index is 0.0342. The Morgan fingerprint density at radius 2 is 2.07 bits per heavy atom. The molecule has 5 heteroatoms. The lowest BCUT2D eigenvalue weighted by Crippen LogP contribution is -2.13. The van der Waals surface area contributed by atoms with Crippen molar-refractivity contribution in [3.8, 4) is 5.75 Å². The molecule has 15 heavy (non-hydrogen) atoms. The second-order valence-electron chi connectivity index (χ2n) is 3.26. The number of nitrogens with zero attached hydrogens (tertiary/aromatic N) is 1. The van der Waals surface area contributed by atoms with Gasteiger partial charge in [0.05, 0.1) is 11.3 Å². The Bertz CT molecular complexity index is 598. The normalized spacial score (nSPS) is 12.1.